The van der Waals surface area contributed by atoms with Crippen LogP contribution in [-0.2, 0) is 9.53 Å². The van der Waals surface area contributed by atoms with Gasteiger partial charge >= 0.3 is 5.97 Å². The minimum absolute atomic E-state index is 0. The number of carbonyl (C=O) groups is 3. The summed E-state index contributed by atoms with van der Waals surface area (Å²) >= 11 is 5.83. The Morgan fingerprint density at radius 2 is 1.76 bits per heavy atom. The Morgan fingerprint density at radius 1 is 1.15 bits per heavy atom. The SMILES string of the molecule is CC(=O)c1ccc2c(c1)[C@H](NC(=O)c1ccc(F)c(Cl)c1)[C@H](OC(=O)C(C)(C)N)C(C)(C)O2.Cl. The first kappa shape index (κ1) is 27.6. The number of carbonyl (C=O) groups excluding carboxylic acids is 3. The standard InChI is InChI=1S/C24H26ClFN2O5.ClH/c1-12(29)13-7-9-18-15(10-13)19(28-21(30)14-6-8-17(26)16(25)11-14)20(24(4,5)33-18)32-22(31)23(2,3)27;/h6-11,19-20H,27H2,1-5H3,(H,28,30);1H/t19-,20-;/m0./s1. The number of amides is 1. The van der Waals surface area contributed by atoms with E-state index in [0.29, 0.717) is 16.9 Å². The molecule has 184 valence electrons. The minimum Gasteiger partial charge on any atom is -0.484 e. The Morgan fingerprint density at radius 3 is 2.32 bits per heavy atom. The zero-order valence-electron chi connectivity index (χ0n) is 19.4. The fourth-order valence-corrected chi connectivity index (χ4v) is 3.68. The van der Waals surface area contributed by atoms with E-state index < -0.39 is 41.0 Å². The van der Waals surface area contributed by atoms with Gasteiger partial charge in [0.1, 0.15) is 22.7 Å². The summed E-state index contributed by atoms with van der Waals surface area (Å²) in [5.41, 5.74) is 4.51. The topological polar surface area (TPSA) is 108 Å². The van der Waals surface area contributed by atoms with E-state index in [4.69, 9.17) is 26.8 Å². The molecule has 10 heteroatoms. The van der Waals surface area contributed by atoms with Gasteiger partial charge in [0.05, 0.1) is 11.1 Å². The second-order valence-corrected chi connectivity index (χ2v) is 9.55. The summed E-state index contributed by atoms with van der Waals surface area (Å²) in [5.74, 6) is -1.69. The lowest BCUT2D eigenvalue weighted by atomic mass is 9.85. The van der Waals surface area contributed by atoms with Crippen molar-refractivity contribution >= 4 is 41.7 Å². The van der Waals surface area contributed by atoms with Crippen molar-refractivity contribution in [2.45, 2.75) is 57.9 Å². The highest BCUT2D eigenvalue weighted by molar-refractivity contribution is 6.31. The highest BCUT2D eigenvalue weighted by Gasteiger charge is 2.48. The van der Waals surface area contributed by atoms with Gasteiger partial charge in [0.2, 0.25) is 0 Å². The number of Topliss-reactive ketones (excluding diaryl/α,β-unsaturated/α-hetero) is 1. The van der Waals surface area contributed by atoms with Gasteiger partial charge in [-0.1, -0.05) is 11.6 Å². The maximum absolute atomic E-state index is 13.6. The van der Waals surface area contributed by atoms with Crippen LogP contribution in [-0.4, -0.2) is 34.9 Å². The molecule has 0 aliphatic carbocycles. The van der Waals surface area contributed by atoms with Crippen molar-refractivity contribution < 1.29 is 28.2 Å². The van der Waals surface area contributed by atoms with E-state index in [1.165, 1.54) is 32.9 Å². The number of fused-ring (bicyclic) bond motifs is 1. The van der Waals surface area contributed by atoms with Crippen LogP contribution in [0, 0.1) is 5.82 Å². The van der Waals surface area contributed by atoms with Crippen LogP contribution in [0.3, 0.4) is 0 Å². The van der Waals surface area contributed by atoms with E-state index in [9.17, 15) is 18.8 Å². The molecule has 0 saturated heterocycles. The van der Waals surface area contributed by atoms with Gasteiger partial charge < -0.3 is 20.5 Å². The highest BCUT2D eigenvalue weighted by atomic mass is 35.5. The molecule has 1 aliphatic rings. The number of ketones is 1. The molecular formula is C24H27Cl2FN2O5. The second-order valence-electron chi connectivity index (χ2n) is 9.14. The predicted molar refractivity (Wildman–Crippen MR) is 128 cm³/mol. The summed E-state index contributed by atoms with van der Waals surface area (Å²) in [6, 6.07) is 7.51. The quantitative estimate of drug-likeness (QED) is 0.454. The van der Waals surface area contributed by atoms with Crippen molar-refractivity contribution in [2.75, 3.05) is 0 Å². The van der Waals surface area contributed by atoms with Crippen LogP contribution >= 0.6 is 24.0 Å². The first-order valence-electron chi connectivity index (χ1n) is 10.3. The van der Waals surface area contributed by atoms with E-state index in [-0.39, 0.29) is 28.8 Å². The lowest BCUT2D eigenvalue weighted by Gasteiger charge is -2.44. The molecule has 0 bridgehead atoms. The fraction of sp³-hybridized carbons (Fsp3) is 0.375. The van der Waals surface area contributed by atoms with E-state index in [1.807, 2.05) is 0 Å². The fourth-order valence-electron chi connectivity index (χ4n) is 3.50. The molecule has 7 nitrogen and oxygen atoms in total. The monoisotopic (exact) mass is 512 g/mol. The lowest BCUT2D eigenvalue weighted by molar-refractivity contribution is -0.170. The number of nitrogens with two attached hydrogens (primary N) is 1. The number of rotatable bonds is 5. The minimum atomic E-state index is -1.30. The molecule has 34 heavy (non-hydrogen) atoms. The van der Waals surface area contributed by atoms with Gasteiger partial charge in [-0.2, -0.15) is 0 Å². The van der Waals surface area contributed by atoms with E-state index in [1.54, 1.807) is 32.0 Å². The Hall–Kier alpha value is -2.68. The van der Waals surface area contributed by atoms with Crippen molar-refractivity contribution in [3.8, 4) is 5.75 Å². The molecular weight excluding hydrogens is 486 g/mol. The molecule has 0 aromatic heterocycles. The number of esters is 1. The Balaban J connectivity index is 0.00000408. The third kappa shape index (κ3) is 5.68. The first-order chi connectivity index (χ1) is 15.2. The number of halogens is 3. The Kier molecular flexibility index (Phi) is 8.02. The molecule has 3 N–H and O–H groups in total. The molecule has 1 aliphatic heterocycles. The number of hydrogen-bond donors (Lipinski definition) is 2. The summed E-state index contributed by atoms with van der Waals surface area (Å²) in [7, 11) is 0. The summed E-state index contributed by atoms with van der Waals surface area (Å²) in [5, 5.41) is 2.63. The van der Waals surface area contributed by atoms with Crippen LogP contribution in [0.15, 0.2) is 36.4 Å². The highest BCUT2D eigenvalue weighted by Crippen LogP contribution is 2.42. The van der Waals surface area contributed by atoms with Gasteiger partial charge in [-0.15, -0.1) is 12.4 Å². The van der Waals surface area contributed by atoms with Crippen LogP contribution in [0.1, 0.15) is 66.9 Å². The average Bonchev–Trinajstić information content (AvgIpc) is 2.70. The molecule has 0 spiro atoms. The van der Waals surface area contributed by atoms with E-state index in [2.05, 4.69) is 5.32 Å². The number of ether oxygens (including phenoxy) is 2. The zero-order valence-corrected chi connectivity index (χ0v) is 21.0. The lowest BCUT2D eigenvalue weighted by Crippen LogP contribution is -2.57. The smallest absolute Gasteiger partial charge is 0.326 e. The third-order valence-corrected chi connectivity index (χ3v) is 5.63. The summed E-state index contributed by atoms with van der Waals surface area (Å²) in [6.07, 6.45) is -0.998. The maximum Gasteiger partial charge on any atom is 0.326 e. The second kappa shape index (κ2) is 9.90. The van der Waals surface area contributed by atoms with Gasteiger partial charge in [-0.05, 0) is 71.0 Å². The van der Waals surface area contributed by atoms with Crippen LogP contribution in [0.5, 0.6) is 5.75 Å². The summed E-state index contributed by atoms with van der Waals surface area (Å²) in [4.78, 5) is 37.7. The predicted octanol–water partition coefficient (Wildman–Crippen LogP) is 4.39. The molecule has 0 fully saturated rings. The van der Waals surface area contributed by atoms with Crippen LogP contribution in [0.25, 0.3) is 0 Å². The summed E-state index contributed by atoms with van der Waals surface area (Å²) in [6.45, 7) is 7.84. The molecule has 0 radical (unpaired) electrons. The first-order valence-corrected chi connectivity index (χ1v) is 10.7. The van der Waals surface area contributed by atoms with Crippen LogP contribution in [0.4, 0.5) is 4.39 Å². The average molecular weight is 513 g/mol. The normalized spacial score (nSPS) is 18.6. The van der Waals surface area contributed by atoms with Crippen molar-refractivity contribution in [2.24, 2.45) is 5.73 Å². The van der Waals surface area contributed by atoms with Crippen molar-refractivity contribution in [1.29, 1.82) is 0 Å². The molecule has 0 unspecified atom stereocenters. The number of benzene rings is 2. The third-order valence-electron chi connectivity index (χ3n) is 5.34. The molecule has 2 atom stereocenters. The number of hydrogen-bond acceptors (Lipinski definition) is 6. The van der Waals surface area contributed by atoms with Crippen molar-refractivity contribution in [3.05, 3.63) is 63.9 Å². The van der Waals surface area contributed by atoms with Crippen LogP contribution in [0.2, 0.25) is 5.02 Å². The molecule has 1 amide bonds. The van der Waals surface area contributed by atoms with Gasteiger partial charge in [-0.3, -0.25) is 14.4 Å². The van der Waals surface area contributed by atoms with E-state index >= 15 is 0 Å². The molecule has 2 aromatic rings. The number of nitrogens with one attached hydrogen (secondary N) is 1. The van der Waals surface area contributed by atoms with Gasteiger partial charge in [-0.25, -0.2) is 4.39 Å². The van der Waals surface area contributed by atoms with E-state index in [0.717, 1.165) is 6.07 Å². The summed E-state index contributed by atoms with van der Waals surface area (Å²) < 4.78 is 25.4. The van der Waals surface area contributed by atoms with Gasteiger partial charge in [0.15, 0.2) is 11.9 Å². The molecule has 3 rings (SSSR count). The Bertz CT molecular complexity index is 1130. The van der Waals surface area contributed by atoms with Crippen molar-refractivity contribution in [1.82, 2.24) is 5.32 Å². The van der Waals surface area contributed by atoms with Gasteiger partial charge in [0.25, 0.3) is 5.91 Å². The molecule has 0 saturated carbocycles. The molecule has 1 heterocycles. The zero-order chi connectivity index (χ0) is 24.7. The van der Waals surface area contributed by atoms with Gasteiger partial charge in [0, 0.05) is 16.7 Å². The van der Waals surface area contributed by atoms with Crippen molar-refractivity contribution in [3.63, 3.8) is 0 Å². The molecule has 2 aromatic carbocycles. The maximum atomic E-state index is 13.6. The Labute approximate surface area is 208 Å². The largest absolute Gasteiger partial charge is 0.484 e. The van der Waals surface area contributed by atoms with Crippen LogP contribution < -0.4 is 15.8 Å².